The van der Waals surface area contributed by atoms with Gasteiger partial charge in [-0.2, -0.15) is 8.78 Å². The third kappa shape index (κ3) is 6.07. The molecule has 0 aromatic heterocycles. The van der Waals surface area contributed by atoms with E-state index in [1.165, 1.54) is 12.1 Å². The molecule has 0 aliphatic carbocycles. The van der Waals surface area contributed by atoms with Crippen LogP contribution < -0.4 is 10.1 Å². The number of alkyl halides is 2. The van der Waals surface area contributed by atoms with Crippen molar-refractivity contribution in [2.24, 2.45) is 0 Å². The van der Waals surface area contributed by atoms with Crippen LogP contribution in [0, 0.1) is 11.6 Å². The molecule has 0 saturated carbocycles. The smallest absolute Gasteiger partial charge is 0.387 e. The van der Waals surface area contributed by atoms with Crippen molar-refractivity contribution < 1.29 is 27.1 Å². The van der Waals surface area contributed by atoms with Gasteiger partial charge in [-0.15, -0.1) is 0 Å². The zero-order chi connectivity index (χ0) is 18.4. The number of benzene rings is 2. The highest BCUT2D eigenvalue weighted by atomic mass is 19.3. The minimum Gasteiger partial charge on any atom is -0.435 e. The van der Waals surface area contributed by atoms with Gasteiger partial charge in [0.15, 0.2) is 0 Å². The summed E-state index contributed by atoms with van der Waals surface area (Å²) in [7, 11) is 1.67. The van der Waals surface area contributed by atoms with Gasteiger partial charge in [-0.25, -0.2) is 8.78 Å². The molecule has 25 heavy (non-hydrogen) atoms. The molecule has 0 aliphatic rings. The van der Waals surface area contributed by atoms with Gasteiger partial charge >= 0.3 is 6.61 Å². The van der Waals surface area contributed by atoms with E-state index in [2.05, 4.69) is 10.1 Å². The number of carbonyl (C=O) groups excluding carboxylic acids is 1. The number of amides is 1. The highest BCUT2D eigenvalue weighted by Crippen LogP contribution is 2.17. The van der Waals surface area contributed by atoms with Crippen LogP contribution in [0.15, 0.2) is 42.5 Å². The SMILES string of the molecule is CN(CC(=O)Nc1ccc(F)cc1F)Cc1ccc(OC(F)F)cc1. The van der Waals surface area contributed by atoms with E-state index in [9.17, 15) is 22.4 Å². The maximum atomic E-state index is 13.5. The highest BCUT2D eigenvalue weighted by molar-refractivity contribution is 5.92. The Morgan fingerprint density at radius 1 is 1.16 bits per heavy atom. The Kier molecular flexibility index (Phi) is 6.35. The van der Waals surface area contributed by atoms with Crippen LogP contribution in [0.2, 0.25) is 0 Å². The van der Waals surface area contributed by atoms with E-state index in [0.29, 0.717) is 12.6 Å². The molecule has 134 valence electrons. The Morgan fingerprint density at radius 3 is 2.44 bits per heavy atom. The van der Waals surface area contributed by atoms with Crippen molar-refractivity contribution in [1.82, 2.24) is 4.90 Å². The fraction of sp³-hybridized carbons (Fsp3) is 0.235. The van der Waals surface area contributed by atoms with E-state index in [1.54, 1.807) is 24.1 Å². The van der Waals surface area contributed by atoms with E-state index in [1.807, 2.05) is 0 Å². The molecule has 0 unspecified atom stereocenters. The maximum Gasteiger partial charge on any atom is 0.387 e. The molecule has 0 aliphatic heterocycles. The van der Waals surface area contributed by atoms with Crippen LogP contribution in [0.4, 0.5) is 23.2 Å². The Balaban J connectivity index is 1.86. The standard InChI is InChI=1S/C17H16F4N2O2/c1-23(9-11-2-5-13(6-3-11)25-17(20)21)10-16(24)22-15-7-4-12(18)8-14(15)19/h2-8,17H,9-10H2,1H3,(H,22,24). The first-order valence-electron chi connectivity index (χ1n) is 7.30. The number of carbonyl (C=O) groups is 1. The third-order valence-corrected chi connectivity index (χ3v) is 3.22. The fourth-order valence-corrected chi connectivity index (χ4v) is 2.17. The van der Waals surface area contributed by atoms with E-state index < -0.39 is 24.2 Å². The Morgan fingerprint density at radius 2 is 1.84 bits per heavy atom. The van der Waals surface area contributed by atoms with Gasteiger partial charge in [-0.1, -0.05) is 12.1 Å². The molecule has 1 amide bonds. The largest absolute Gasteiger partial charge is 0.435 e. The quantitative estimate of drug-likeness (QED) is 0.771. The lowest BCUT2D eigenvalue weighted by Crippen LogP contribution is -2.30. The van der Waals surface area contributed by atoms with Crippen molar-refractivity contribution in [2.45, 2.75) is 13.2 Å². The molecular formula is C17H16F4N2O2. The summed E-state index contributed by atoms with van der Waals surface area (Å²) in [5, 5.41) is 2.36. The van der Waals surface area contributed by atoms with Crippen molar-refractivity contribution in [3.05, 3.63) is 59.7 Å². The first-order valence-corrected chi connectivity index (χ1v) is 7.30. The molecule has 2 rings (SSSR count). The number of likely N-dealkylation sites (N-methyl/N-ethyl adjacent to an activating group) is 1. The lowest BCUT2D eigenvalue weighted by Gasteiger charge is -2.17. The molecule has 8 heteroatoms. The summed E-state index contributed by atoms with van der Waals surface area (Å²) in [5.41, 5.74) is 0.679. The molecule has 0 saturated heterocycles. The summed E-state index contributed by atoms with van der Waals surface area (Å²) < 4.78 is 54.7. The molecule has 0 heterocycles. The normalized spacial score (nSPS) is 11.0. The summed E-state index contributed by atoms with van der Waals surface area (Å²) in [6.45, 7) is -2.55. The summed E-state index contributed by atoms with van der Waals surface area (Å²) in [6.07, 6.45) is 0. The van der Waals surface area contributed by atoms with Gasteiger partial charge < -0.3 is 10.1 Å². The Bertz CT molecular complexity index is 723. The molecule has 0 fully saturated rings. The second kappa shape index (κ2) is 8.48. The third-order valence-electron chi connectivity index (χ3n) is 3.22. The van der Waals surface area contributed by atoms with Crippen LogP contribution in [-0.4, -0.2) is 31.0 Å². The van der Waals surface area contributed by atoms with Crippen molar-refractivity contribution >= 4 is 11.6 Å². The van der Waals surface area contributed by atoms with Crippen molar-refractivity contribution in [1.29, 1.82) is 0 Å². The first-order chi connectivity index (χ1) is 11.8. The average Bonchev–Trinajstić information content (AvgIpc) is 2.51. The number of nitrogens with zero attached hydrogens (tertiary/aromatic N) is 1. The lowest BCUT2D eigenvalue weighted by molar-refractivity contribution is -0.117. The van der Waals surface area contributed by atoms with Crippen LogP contribution in [0.1, 0.15) is 5.56 Å². The number of hydrogen-bond donors (Lipinski definition) is 1. The minimum atomic E-state index is -2.89. The molecule has 0 radical (unpaired) electrons. The van der Waals surface area contributed by atoms with Crippen LogP contribution >= 0.6 is 0 Å². The van der Waals surface area contributed by atoms with Crippen LogP contribution in [0.3, 0.4) is 0 Å². The molecule has 0 bridgehead atoms. The van der Waals surface area contributed by atoms with Crippen LogP contribution in [-0.2, 0) is 11.3 Å². The topological polar surface area (TPSA) is 41.6 Å². The van der Waals surface area contributed by atoms with Crippen LogP contribution in [0.5, 0.6) is 5.75 Å². The van der Waals surface area contributed by atoms with Gasteiger partial charge in [0, 0.05) is 12.6 Å². The van der Waals surface area contributed by atoms with Gasteiger partial charge in [0.2, 0.25) is 5.91 Å². The zero-order valence-electron chi connectivity index (χ0n) is 13.3. The van der Waals surface area contributed by atoms with Gasteiger partial charge in [0.1, 0.15) is 17.4 Å². The molecular weight excluding hydrogens is 340 g/mol. The summed E-state index contributed by atoms with van der Waals surface area (Å²) >= 11 is 0. The fourth-order valence-electron chi connectivity index (χ4n) is 2.17. The lowest BCUT2D eigenvalue weighted by atomic mass is 10.2. The number of halogens is 4. The van der Waals surface area contributed by atoms with E-state index in [0.717, 1.165) is 17.7 Å². The second-order valence-electron chi connectivity index (χ2n) is 5.37. The molecule has 4 nitrogen and oxygen atoms in total. The monoisotopic (exact) mass is 356 g/mol. The van der Waals surface area contributed by atoms with Crippen molar-refractivity contribution in [2.75, 3.05) is 18.9 Å². The number of rotatable bonds is 7. The molecule has 2 aromatic carbocycles. The number of hydrogen-bond acceptors (Lipinski definition) is 3. The van der Waals surface area contributed by atoms with Crippen molar-refractivity contribution in [3.63, 3.8) is 0 Å². The molecule has 0 spiro atoms. The number of ether oxygens (including phenoxy) is 1. The predicted octanol–water partition coefficient (Wildman–Crippen LogP) is 3.64. The van der Waals surface area contributed by atoms with Gasteiger partial charge in [-0.3, -0.25) is 9.69 Å². The van der Waals surface area contributed by atoms with E-state index >= 15 is 0 Å². The Hall–Kier alpha value is -2.61. The summed E-state index contributed by atoms with van der Waals surface area (Å²) in [4.78, 5) is 13.6. The summed E-state index contributed by atoms with van der Waals surface area (Å²) in [6, 6.07) is 8.89. The van der Waals surface area contributed by atoms with Crippen LogP contribution in [0.25, 0.3) is 0 Å². The summed E-state index contributed by atoms with van der Waals surface area (Å²) in [5.74, 6) is -2.01. The minimum absolute atomic E-state index is 0.0356. The van der Waals surface area contributed by atoms with Gasteiger partial charge in [0.25, 0.3) is 0 Å². The Labute approximate surface area is 142 Å². The first kappa shape index (κ1) is 18.7. The molecule has 0 atom stereocenters. The predicted molar refractivity (Wildman–Crippen MR) is 84.4 cm³/mol. The van der Waals surface area contributed by atoms with E-state index in [-0.39, 0.29) is 18.0 Å². The van der Waals surface area contributed by atoms with E-state index in [4.69, 9.17) is 0 Å². The molecule has 2 aromatic rings. The second-order valence-corrected chi connectivity index (χ2v) is 5.37. The van der Waals surface area contributed by atoms with Gasteiger partial charge in [-0.05, 0) is 36.9 Å². The zero-order valence-corrected chi connectivity index (χ0v) is 13.3. The average molecular weight is 356 g/mol. The maximum absolute atomic E-state index is 13.5. The highest BCUT2D eigenvalue weighted by Gasteiger charge is 2.11. The number of nitrogens with one attached hydrogen (secondary N) is 1. The van der Waals surface area contributed by atoms with Crippen molar-refractivity contribution in [3.8, 4) is 5.75 Å². The number of anilines is 1. The van der Waals surface area contributed by atoms with Gasteiger partial charge in [0.05, 0.1) is 12.2 Å². The molecule has 1 N–H and O–H groups in total.